The summed E-state index contributed by atoms with van der Waals surface area (Å²) in [6.45, 7) is 3.45. The molecule has 1 aromatic carbocycles. The molecular weight excluding hydrogens is 242 g/mol. The Morgan fingerprint density at radius 3 is 2.29 bits per heavy atom. The lowest BCUT2D eigenvalue weighted by Gasteiger charge is -2.27. The highest BCUT2D eigenvalue weighted by molar-refractivity contribution is 6.33. The van der Waals surface area contributed by atoms with Gasteiger partial charge < -0.3 is 20.3 Å². The van der Waals surface area contributed by atoms with Crippen molar-refractivity contribution in [2.75, 3.05) is 14.2 Å². The van der Waals surface area contributed by atoms with E-state index in [1.165, 1.54) is 14.2 Å². The van der Waals surface area contributed by atoms with Crippen molar-refractivity contribution >= 4 is 11.6 Å². The summed E-state index contributed by atoms with van der Waals surface area (Å²) in [7, 11) is 3.02. The topological polar surface area (TPSA) is 64.7 Å². The second-order valence-corrected chi connectivity index (χ2v) is 4.81. The fraction of sp³-hybridized carbons (Fsp3) is 0.500. The molecule has 3 N–H and O–H groups in total. The second-order valence-electron chi connectivity index (χ2n) is 4.43. The van der Waals surface area contributed by atoms with E-state index in [0.29, 0.717) is 22.1 Å². The molecule has 96 valence electrons. The first kappa shape index (κ1) is 14.1. The average molecular weight is 260 g/mol. The Bertz CT molecular complexity index is 401. The van der Waals surface area contributed by atoms with Crippen molar-refractivity contribution in [1.29, 1.82) is 0 Å². The van der Waals surface area contributed by atoms with Crippen LogP contribution in [0.25, 0.3) is 0 Å². The van der Waals surface area contributed by atoms with Gasteiger partial charge in [0, 0.05) is 11.1 Å². The van der Waals surface area contributed by atoms with Crippen molar-refractivity contribution in [2.24, 2.45) is 5.73 Å². The van der Waals surface area contributed by atoms with Crippen LogP contribution in [0.4, 0.5) is 0 Å². The minimum Gasteiger partial charge on any atom is -0.493 e. The van der Waals surface area contributed by atoms with Crippen LogP contribution in [-0.4, -0.2) is 24.9 Å². The van der Waals surface area contributed by atoms with E-state index in [2.05, 4.69) is 0 Å². The standard InChI is InChI=1S/C12H18ClNO3/c1-12(2,14)11(15)7-5-6-8(16-3)10(17-4)9(7)13/h5-6,11,15H,14H2,1-4H3. The molecule has 0 saturated heterocycles. The first-order valence-electron chi connectivity index (χ1n) is 5.20. The van der Waals surface area contributed by atoms with E-state index in [1.54, 1.807) is 26.0 Å². The minimum atomic E-state index is -0.880. The minimum absolute atomic E-state index is 0.317. The molecule has 0 saturated carbocycles. The Morgan fingerprint density at radius 1 is 1.29 bits per heavy atom. The van der Waals surface area contributed by atoms with Crippen molar-refractivity contribution in [3.05, 3.63) is 22.7 Å². The van der Waals surface area contributed by atoms with Crippen molar-refractivity contribution in [3.63, 3.8) is 0 Å². The molecule has 0 aliphatic heterocycles. The molecule has 1 atom stereocenters. The zero-order valence-electron chi connectivity index (χ0n) is 10.5. The highest BCUT2D eigenvalue weighted by Gasteiger charge is 2.28. The van der Waals surface area contributed by atoms with Gasteiger partial charge in [-0.25, -0.2) is 0 Å². The summed E-state index contributed by atoms with van der Waals surface area (Å²) < 4.78 is 10.3. The summed E-state index contributed by atoms with van der Waals surface area (Å²) >= 11 is 6.17. The quantitative estimate of drug-likeness (QED) is 0.869. The predicted molar refractivity (Wildman–Crippen MR) is 67.8 cm³/mol. The maximum Gasteiger partial charge on any atom is 0.179 e. The van der Waals surface area contributed by atoms with E-state index in [0.717, 1.165) is 0 Å². The summed E-state index contributed by atoms with van der Waals surface area (Å²) in [5, 5.41) is 10.4. The lowest BCUT2D eigenvalue weighted by molar-refractivity contribution is 0.104. The maximum atomic E-state index is 10.1. The Kier molecular flexibility index (Phi) is 4.25. The number of halogens is 1. The van der Waals surface area contributed by atoms with Crippen LogP contribution < -0.4 is 15.2 Å². The maximum absolute atomic E-state index is 10.1. The van der Waals surface area contributed by atoms with Crippen LogP contribution in [0.15, 0.2) is 12.1 Å². The van der Waals surface area contributed by atoms with Gasteiger partial charge in [-0.3, -0.25) is 0 Å². The fourth-order valence-electron chi connectivity index (χ4n) is 1.52. The largest absolute Gasteiger partial charge is 0.493 e. The lowest BCUT2D eigenvalue weighted by Crippen LogP contribution is -2.39. The highest BCUT2D eigenvalue weighted by atomic mass is 35.5. The molecule has 0 aromatic heterocycles. The van der Waals surface area contributed by atoms with Crippen LogP contribution in [-0.2, 0) is 0 Å². The van der Waals surface area contributed by atoms with E-state index in [-0.39, 0.29) is 0 Å². The molecule has 0 heterocycles. The molecule has 0 amide bonds. The van der Waals surface area contributed by atoms with Crippen molar-refractivity contribution in [2.45, 2.75) is 25.5 Å². The lowest BCUT2D eigenvalue weighted by atomic mass is 9.92. The summed E-state index contributed by atoms with van der Waals surface area (Å²) in [5.41, 5.74) is 5.60. The van der Waals surface area contributed by atoms with Gasteiger partial charge in [-0.2, -0.15) is 0 Å². The molecule has 1 aromatic rings. The van der Waals surface area contributed by atoms with Crippen LogP contribution in [0.2, 0.25) is 5.02 Å². The summed E-state index contributed by atoms with van der Waals surface area (Å²) in [4.78, 5) is 0. The normalized spacial score (nSPS) is 13.4. The van der Waals surface area contributed by atoms with Crippen molar-refractivity contribution in [3.8, 4) is 11.5 Å². The summed E-state index contributed by atoms with van der Waals surface area (Å²) in [5.74, 6) is 0.915. The van der Waals surface area contributed by atoms with E-state index >= 15 is 0 Å². The smallest absolute Gasteiger partial charge is 0.179 e. The van der Waals surface area contributed by atoms with Crippen LogP contribution in [0.1, 0.15) is 25.5 Å². The SMILES string of the molecule is COc1ccc(C(O)C(C)(C)N)c(Cl)c1OC. The number of hydrogen-bond donors (Lipinski definition) is 2. The first-order chi connectivity index (χ1) is 7.82. The van der Waals surface area contributed by atoms with E-state index in [1.807, 2.05) is 0 Å². The number of nitrogens with two attached hydrogens (primary N) is 1. The van der Waals surface area contributed by atoms with Crippen molar-refractivity contribution in [1.82, 2.24) is 0 Å². The Balaban J connectivity index is 3.29. The molecule has 5 heteroatoms. The molecule has 17 heavy (non-hydrogen) atoms. The van der Waals surface area contributed by atoms with Gasteiger partial charge >= 0.3 is 0 Å². The van der Waals surface area contributed by atoms with Crippen LogP contribution in [0.5, 0.6) is 11.5 Å². The number of ether oxygens (including phenoxy) is 2. The van der Waals surface area contributed by atoms with E-state index in [4.69, 9.17) is 26.8 Å². The van der Waals surface area contributed by atoms with E-state index in [9.17, 15) is 5.11 Å². The molecule has 1 rings (SSSR count). The Morgan fingerprint density at radius 2 is 1.88 bits per heavy atom. The van der Waals surface area contributed by atoms with Gasteiger partial charge in [0.05, 0.1) is 25.3 Å². The number of rotatable bonds is 4. The Labute approximate surface area is 106 Å². The third kappa shape index (κ3) is 2.83. The molecule has 0 aliphatic rings. The highest BCUT2D eigenvalue weighted by Crippen LogP contribution is 2.41. The molecule has 1 unspecified atom stereocenters. The molecule has 0 radical (unpaired) electrons. The molecule has 0 bridgehead atoms. The Hall–Kier alpha value is -0.970. The van der Waals surface area contributed by atoms with Crippen LogP contribution in [0, 0.1) is 0 Å². The van der Waals surface area contributed by atoms with Gasteiger partial charge in [0.2, 0.25) is 0 Å². The monoisotopic (exact) mass is 259 g/mol. The molecule has 4 nitrogen and oxygen atoms in total. The van der Waals surface area contributed by atoms with Gasteiger partial charge in [-0.05, 0) is 19.9 Å². The van der Waals surface area contributed by atoms with Gasteiger partial charge in [-0.15, -0.1) is 0 Å². The van der Waals surface area contributed by atoms with Crippen LogP contribution in [0.3, 0.4) is 0 Å². The van der Waals surface area contributed by atoms with Gasteiger partial charge in [-0.1, -0.05) is 17.7 Å². The number of methoxy groups -OCH3 is 2. The zero-order chi connectivity index (χ0) is 13.2. The van der Waals surface area contributed by atoms with Crippen LogP contribution >= 0.6 is 11.6 Å². The average Bonchev–Trinajstić information content (AvgIpc) is 2.26. The van der Waals surface area contributed by atoms with E-state index < -0.39 is 11.6 Å². The molecule has 0 aliphatic carbocycles. The van der Waals surface area contributed by atoms with Gasteiger partial charge in [0.25, 0.3) is 0 Å². The van der Waals surface area contributed by atoms with Gasteiger partial charge in [0.1, 0.15) is 0 Å². The third-order valence-electron chi connectivity index (χ3n) is 2.51. The fourth-order valence-corrected chi connectivity index (χ4v) is 1.85. The first-order valence-corrected chi connectivity index (χ1v) is 5.58. The molecule has 0 fully saturated rings. The predicted octanol–water partition coefficient (Wildman–Crippen LogP) is 2.13. The van der Waals surface area contributed by atoms with Gasteiger partial charge in [0.15, 0.2) is 11.5 Å². The molecule has 0 spiro atoms. The summed E-state index contributed by atoms with van der Waals surface area (Å²) in [6, 6.07) is 3.37. The zero-order valence-corrected chi connectivity index (χ0v) is 11.2. The molecular formula is C12H18ClNO3. The number of aliphatic hydroxyl groups is 1. The number of aliphatic hydroxyl groups excluding tert-OH is 1. The third-order valence-corrected chi connectivity index (χ3v) is 2.90. The summed E-state index contributed by atoms with van der Waals surface area (Å²) in [6.07, 6.45) is -0.880. The van der Waals surface area contributed by atoms with Crippen molar-refractivity contribution < 1.29 is 14.6 Å². The number of hydrogen-bond acceptors (Lipinski definition) is 4. The number of benzene rings is 1. The second kappa shape index (κ2) is 5.12.